The molecule has 0 aliphatic carbocycles. The summed E-state index contributed by atoms with van der Waals surface area (Å²) < 4.78 is 0. The van der Waals surface area contributed by atoms with Crippen LogP contribution in [0.5, 0.6) is 0 Å². The summed E-state index contributed by atoms with van der Waals surface area (Å²) in [7, 11) is 0. The quantitative estimate of drug-likeness (QED) is 0.771. The Morgan fingerprint density at radius 1 is 1.21 bits per heavy atom. The van der Waals surface area contributed by atoms with Gasteiger partial charge in [0.2, 0.25) is 0 Å². The molecule has 1 aromatic carbocycles. The van der Waals surface area contributed by atoms with Gasteiger partial charge in [-0.05, 0) is 57.0 Å². The minimum absolute atomic E-state index is 0.548. The van der Waals surface area contributed by atoms with Gasteiger partial charge in [-0.15, -0.1) is 0 Å². The fourth-order valence-corrected chi connectivity index (χ4v) is 3.14. The van der Waals surface area contributed by atoms with Crippen LogP contribution in [0.15, 0.2) is 18.2 Å². The second kappa shape index (κ2) is 6.38. The molecule has 0 amide bonds. The molecule has 1 unspecified atom stereocenters. The summed E-state index contributed by atoms with van der Waals surface area (Å²) in [6, 6.07) is 6.90. The number of anilines is 1. The normalized spacial score (nSPS) is 19.9. The smallest absolute Gasteiger partial charge is 0.173 e. The molecule has 3 heteroatoms. The van der Waals surface area contributed by atoms with Crippen molar-refractivity contribution in [3.63, 3.8) is 0 Å². The van der Waals surface area contributed by atoms with Gasteiger partial charge in [0.25, 0.3) is 0 Å². The molecular formula is C16H24N2S. The van der Waals surface area contributed by atoms with Gasteiger partial charge in [-0.1, -0.05) is 31.0 Å². The summed E-state index contributed by atoms with van der Waals surface area (Å²) in [4.78, 5) is 2.36. The standard InChI is InChI=1S/C16H24N2S/c1-12-8-7-9-13(2)15(12)17-16(19)18-11-6-4-5-10-14(18)3/h7-9,14H,4-6,10-11H2,1-3H3,(H,17,19). The monoisotopic (exact) mass is 276 g/mol. The van der Waals surface area contributed by atoms with Crippen molar-refractivity contribution < 1.29 is 0 Å². The van der Waals surface area contributed by atoms with E-state index < -0.39 is 0 Å². The number of nitrogens with zero attached hydrogens (tertiary/aromatic N) is 1. The third-order valence-electron chi connectivity index (χ3n) is 4.03. The molecule has 0 spiro atoms. The first-order chi connectivity index (χ1) is 9.09. The third-order valence-corrected chi connectivity index (χ3v) is 4.36. The Hall–Kier alpha value is -1.09. The molecule has 19 heavy (non-hydrogen) atoms. The number of para-hydroxylation sites is 1. The summed E-state index contributed by atoms with van der Waals surface area (Å²) >= 11 is 5.63. The van der Waals surface area contributed by atoms with Crippen molar-refractivity contribution in [1.29, 1.82) is 0 Å². The van der Waals surface area contributed by atoms with E-state index in [9.17, 15) is 0 Å². The van der Waals surface area contributed by atoms with Crippen LogP contribution in [0.1, 0.15) is 43.7 Å². The predicted octanol–water partition coefficient (Wildman–Crippen LogP) is 4.26. The number of thiocarbonyl (C=S) groups is 1. The molecule has 1 fully saturated rings. The maximum atomic E-state index is 5.63. The van der Waals surface area contributed by atoms with Gasteiger partial charge in [-0.3, -0.25) is 0 Å². The Kier molecular flexibility index (Phi) is 4.81. The third kappa shape index (κ3) is 3.47. The zero-order chi connectivity index (χ0) is 13.8. The lowest BCUT2D eigenvalue weighted by atomic mass is 10.1. The number of hydrogen-bond acceptors (Lipinski definition) is 1. The minimum atomic E-state index is 0.548. The van der Waals surface area contributed by atoms with Crippen molar-refractivity contribution in [2.75, 3.05) is 11.9 Å². The van der Waals surface area contributed by atoms with Crippen LogP contribution in [-0.4, -0.2) is 22.6 Å². The zero-order valence-electron chi connectivity index (χ0n) is 12.2. The van der Waals surface area contributed by atoms with Crippen LogP contribution in [0.3, 0.4) is 0 Å². The Balaban J connectivity index is 2.11. The average molecular weight is 276 g/mol. The van der Waals surface area contributed by atoms with Crippen LogP contribution >= 0.6 is 12.2 Å². The highest BCUT2D eigenvalue weighted by Gasteiger charge is 2.19. The lowest BCUT2D eigenvalue weighted by molar-refractivity contribution is 0.341. The van der Waals surface area contributed by atoms with E-state index in [-0.39, 0.29) is 0 Å². The molecule has 1 aliphatic rings. The summed E-state index contributed by atoms with van der Waals surface area (Å²) in [6.45, 7) is 7.62. The second-order valence-corrected chi connectivity index (χ2v) is 5.98. The maximum absolute atomic E-state index is 5.63. The molecular weight excluding hydrogens is 252 g/mol. The molecule has 1 heterocycles. The highest BCUT2D eigenvalue weighted by Crippen LogP contribution is 2.22. The molecule has 1 aliphatic heterocycles. The molecule has 2 nitrogen and oxygen atoms in total. The fraction of sp³-hybridized carbons (Fsp3) is 0.562. The summed E-state index contributed by atoms with van der Waals surface area (Å²) in [6.07, 6.45) is 5.14. The molecule has 104 valence electrons. The van der Waals surface area contributed by atoms with E-state index in [1.165, 1.54) is 42.5 Å². The van der Waals surface area contributed by atoms with Gasteiger partial charge in [-0.2, -0.15) is 0 Å². The van der Waals surface area contributed by atoms with E-state index >= 15 is 0 Å². The number of likely N-dealkylation sites (tertiary alicyclic amines) is 1. The van der Waals surface area contributed by atoms with Crippen molar-refractivity contribution >= 4 is 23.0 Å². The molecule has 0 bridgehead atoms. The van der Waals surface area contributed by atoms with Gasteiger partial charge >= 0.3 is 0 Å². The molecule has 1 aromatic rings. The SMILES string of the molecule is Cc1cccc(C)c1NC(=S)N1CCCCCC1C. The van der Waals surface area contributed by atoms with E-state index in [0.29, 0.717) is 6.04 Å². The summed E-state index contributed by atoms with van der Waals surface area (Å²) in [5.41, 5.74) is 3.68. The number of aryl methyl sites for hydroxylation is 2. The Bertz CT molecular complexity index is 436. The first-order valence-corrected chi connectivity index (χ1v) is 7.64. The van der Waals surface area contributed by atoms with Gasteiger partial charge in [0.05, 0.1) is 0 Å². The first-order valence-electron chi connectivity index (χ1n) is 7.23. The van der Waals surface area contributed by atoms with Gasteiger partial charge in [0.1, 0.15) is 0 Å². The van der Waals surface area contributed by atoms with E-state index in [1.807, 2.05) is 0 Å². The van der Waals surface area contributed by atoms with Crippen molar-refractivity contribution in [3.05, 3.63) is 29.3 Å². The number of benzene rings is 1. The average Bonchev–Trinajstić information content (AvgIpc) is 2.58. The van der Waals surface area contributed by atoms with E-state index in [1.54, 1.807) is 0 Å². The van der Waals surface area contributed by atoms with Crippen LogP contribution in [0.2, 0.25) is 0 Å². The lowest BCUT2D eigenvalue weighted by Gasteiger charge is -2.30. The molecule has 1 N–H and O–H groups in total. The van der Waals surface area contributed by atoms with Crippen LogP contribution < -0.4 is 5.32 Å². The highest BCUT2D eigenvalue weighted by molar-refractivity contribution is 7.80. The fourth-order valence-electron chi connectivity index (χ4n) is 2.77. The second-order valence-electron chi connectivity index (χ2n) is 5.59. The van der Waals surface area contributed by atoms with Gasteiger partial charge in [0, 0.05) is 18.3 Å². The molecule has 0 saturated carbocycles. The van der Waals surface area contributed by atoms with Crippen LogP contribution in [-0.2, 0) is 0 Å². The van der Waals surface area contributed by atoms with E-state index in [0.717, 1.165) is 11.7 Å². The van der Waals surface area contributed by atoms with Crippen molar-refractivity contribution in [2.24, 2.45) is 0 Å². The minimum Gasteiger partial charge on any atom is -0.346 e. The zero-order valence-corrected chi connectivity index (χ0v) is 13.0. The highest BCUT2D eigenvalue weighted by atomic mass is 32.1. The Morgan fingerprint density at radius 2 is 1.89 bits per heavy atom. The topological polar surface area (TPSA) is 15.3 Å². The Labute approximate surface area is 122 Å². The van der Waals surface area contributed by atoms with Crippen LogP contribution in [0.25, 0.3) is 0 Å². The molecule has 0 aromatic heterocycles. The lowest BCUT2D eigenvalue weighted by Crippen LogP contribution is -2.41. The van der Waals surface area contributed by atoms with E-state index in [4.69, 9.17) is 12.2 Å². The number of hydrogen-bond donors (Lipinski definition) is 1. The van der Waals surface area contributed by atoms with Crippen molar-refractivity contribution in [3.8, 4) is 0 Å². The molecule has 1 atom stereocenters. The number of rotatable bonds is 1. The van der Waals surface area contributed by atoms with Crippen molar-refractivity contribution in [1.82, 2.24) is 4.90 Å². The first kappa shape index (κ1) is 14.3. The van der Waals surface area contributed by atoms with Crippen LogP contribution in [0, 0.1) is 13.8 Å². The number of nitrogens with one attached hydrogen (secondary N) is 1. The molecule has 0 radical (unpaired) electrons. The van der Waals surface area contributed by atoms with Crippen LogP contribution in [0.4, 0.5) is 5.69 Å². The maximum Gasteiger partial charge on any atom is 0.173 e. The van der Waals surface area contributed by atoms with Gasteiger partial charge in [0.15, 0.2) is 5.11 Å². The van der Waals surface area contributed by atoms with Gasteiger partial charge in [-0.25, -0.2) is 0 Å². The van der Waals surface area contributed by atoms with Crippen molar-refractivity contribution in [2.45, 2.75) is 52.5 Å². The summed E-state index contributed by atoms with van der Waals surface area (Å²) in [5.74, 6) is 0. The molecule has 1 saturated heterocycles. The van der Waals surface area contributed by atoms with Gasteiger partial charge < -0.3 is 10.2 Å². The molecule has 2 rings (SSSR count). The summed E-state index contributed by atoms with van der Waals surface area (Å²) in [5, 5.41) is 4.35. The predicted molar refractivity (Wildman–Crippen MR) is 86.8 cm³/mol. The van der Waals surface area contributed by atoms with E-state index in [2.05, 4.69) is 49.2 Å². The largest absolute Gasteiger partial charge is 0.346 e. The Morgan fingerprint density at radius 3 is 2.58 bits per heavy atom.